The Balaban J connectivity index is 1.53. The van der Waals surface area contributed by atoms with E-state index in [1.54, 1.807) is 12.0 Å². The fourth-order valence-electron chi connectivity index (χ4n) is 4.03. The third kappa shape index (κ3) is 5.34. The molecule has 0 bridgehead atoms. The van der Waals surface area contributed by atoms with E-state index in [2.05, 4.69) is 4.90 Å². The van der Waals surface area contributed by atoms with Gasteiger partial charge in [0.15, 0.2) is 0 Å². The molecule has 0 spiro atoms. The summed E-state index contributed by atoms with van der Waals surface area (Å²) in [5.74, 6) is 0.969. The molecule has 2 aliphatic heterocycles. The number of anilines is 1. The van der Waals surface area contributed by atoms with Crippen LogP contribution >= 0.6 is 0 Å². The lowest BCUT2D eigenvalue weighted by atomic mass is 10.1. The van der Waals surface area contributed by atoms with E-state index < -0.39 is 5.60 Å². The van der Waals surface area contributed by atoms with Gasteiger partial charge < -0.3 is 24.2 Å². The van der Waals surface area contributed by atoms with Gasteiger partial charge in [0.2, 0.25) is 5.91 Å². The van der Waals surface area contributed by atoms with E-state index in [4.69, 9.17) is 9.47 Å². The normalized spacial score (nSPS) is 20.0. The van der Waals surface area contributed by atoms with Gasteiger partial charge in [-0.3, -0.25) is 4.79 Å². The largest absolute Gasteiger partial charge is 0.495 e. The number of piperazine rings is 1. The fourth-order valence-corrected chi connectivity index (χ4v) is 4.03. The summed E-state index contributed by atoms with van der Waals surface area (Å²) in [4.78, 5) is 31.2. The molecule has 1 aromatic rings. The molecule has 7 nitrogen and oxygen atoms in total. The molecule has 29 heavy (non-hydrogen) atoms. The Kier molecular flexibility index (Phi) is 6.55. The highest BCUT2D eigenvalue weighted by Gasteiger charge is 2.35. The van der Waals surface area contributed by atoms with Gasteiger partial charge in [-0.05, 0) is 45.7 Å². The number of likely N-dealkylation sites (tertiary alicyclic amines) is 1. The highest BCUT2D eigenvalue weighted by molar-refractivity contribution is 5.78. The minimum Gasteiger partial charge on any atom is -0.495 e. The van der Waals surface area contributed by atoms with E-state index in [0.29, 0.717) is 26.1 Å². The van der Waals surface area contributed by atoms with Crippen molar-refractivity contribution in [2.24, 2.45) is 0 Å². The average Bonchev–Trinajstić information content (AvgIpc) is 3.15. The summed E-state index contributed by atoms with van der Waals surface area (Å²) in [5.41, 5.74) is 0.539. The number of para-hydroxylation sites is 2. The zero-order valence-corrected chi connectivity index (χ0v) is 18.0. The van der Waals surface area contributed by atoms with E-state index in [1.807, 2.05) is 49.9 Å². The molecule has 1 atom stereocenters. The molecule has 0 aliphatic carbocycles. The van der Waals surface area contributed by atoms with Gasteiger partial charge in [0.25, 0.3) is 0 Å². The molecule has 3 rings (SSSR count). The smallest absolute Gasteiger partial charge is 0.410 e. The Morgan fingerprint density at radius 1 is 1.07 bits per heavy atom. The van der Waals surface area contributed by atoms with Crippen LogP contribution in [0.1, 0.15) is 40.0 Å². The number of rotatable bonds is 4. The second kappa shape index (κ2) is 8.93. The Morgan fingerprint density at radius 3 is 2.41 bits per heavy atom. The molecule has 160 valence electrons. The highest BCUT2D eigenvalue weighted by atomic mass is 16.6. The Bertz CT molecular complexity index is 723. The third-order valence-corrected chi connectivity index (χ3v) is 5.47. The lowest BCUT2D eigenvalue weighted by molar-refractivity contribution is -0.132. The number of carbonyl (C=O) groups excluding carboxylic acids is 2. The summed E-state index contributed by atoms with van der Waals surface area (Å²) in [7, 11) is 1.68. The second-order valence-electron chi connectivity index (χ2n) is 8.71. The predicted molar refractivity (Wildman–Crippen MR) is 112 cm³/mol. The molecule has 0 N–H and O–H groups in total. The first kappa shape index (κ1) is 21.3. The van der Waals surface area contributed by atoms with Crippen LogP contribution < -0.4 is 9.64 Å². The van der Waals surface area contributed by atoms with Crippen molar-refractivity contribution in [3.63, 3.8) is 0 Å². The van der Waals surface area contributed by atoms with Crippen LogP contribution in [0.5, 0.6) is 5.75 Å². The summed E-state index contributed by atoms with van der Waals surface area (Å²) in [6.07, 6.45) is 1.83. The van der Waals surface area contributed by atoms with Crippen LogP contribution in [0.4, 0.5) is 10.5 Å². The van der Waals surface area contributed by atoms with Crippen molar-refractivity contribution in [1.82, 2.24) is 9.80 Å². The SMILES string of the molecule is COc1ccccc1N1CCN(C(=O)C[C@H]2CCCN2C(=O)OC(C)(C)C)CC1. The number of hydrogen-bond donors (Lipinski definition) is 0. The number of carbonyl (C=O) groups is 2. The minimum absolute atomic E-state index is 0.0652. The maximum atomic E-state index is 12.9. The molecule has 2 heterocycles. The van der Waals surface area contributed by atoms with Crippen molar-refractivity contribution in [3.8, 4) is 5.75 Å². The molecule has 2 amide bonds. The summed E-state index contributed by atoms with van der Waals surface area (Å²) >= 11 is 0. The molecule has 2 fully saturated rings. The molecule has 0 aromatic heterocycles. The van der Waals surface area contributed by atoms with Gasteiger partial charge in [0.05, 0.1) is 12.8 Å². The van der Waals surface area contributed by atoms with E-state index >= 15 is 0 Å². The van der Waals surface area contributed by atoms with Crippen LogP contribution in [0.2, 0.25) is 0 Å². The fraction of sp³-hybridized carbons (Fsp3) is 0.636. The van der Waals surface area contributed by atoms with Crippen molar-refractivity contribution >= 4 is 17.7 Å². The zero-order chi connectivity index (χ0) is 21.0. The molecule has 1 aromatic carbocycles. The first-order valence-corrected chi connectivity index (χ1v) is 10.4. The summed E-state index contributed by atoms with van der Waals surface area (Å²) in [6.45, 7) is 9.15. The summed E-state index contributed by atoms with van der Waals surface area (Å²) < 4.78 is 11.0. The average molecular weight is 404 g/mol. The van der Waals surface area contributed by atoms with Crippen LogP contribution in [0, 0.1) is 0 Å². The topological polar surface area (TPSA) is 62.3 Å². The molecular formula is C22H33N3O4. The van der Waals surface area contributed by atoms with Gasteiger partial charge in [0.1, 0.15) is 11.4 Å². The third-order valence-electron chi connectivity index (χ3n) is 5.47. The molecule has 0 unspecified atom stereocenters. The molecule has 2 aliphatic rings. The molecule has 0 saturated carbocycles. The van der Waals surface area contributed by atoms with Gasteiger partial charge in [0, 0.05) is 45.2 Å². The monoisotopic (exact) mass is 403 g/mol. The van der Waals surface area contributed by atoms with Crippen LogP contribution in [-0.4, -0.2) is 73.3 Å². The van der Waals surface area contributed by atoms with Gasteiger partial charge in [-0.25, -0.2) is 4.79 Å². The summed E-state index contributed by atoms with van der Waals surface area (Å²) in [5, 5.41) is 0. The van der Waals surface area contributed by atoms with Gasteiger partial charge >= 0.3 is 6.09 Å². The lowest BCUT2D eigenvalue weighted by Crippen LogP contribution is -2.50. The van der Waals surface area contributed by atoms with Crippen LogP contribution in [0.25, 0.3) is 0 Å². The number of benzene rings is 1. The highest BCUT2D eigenvalue weighted by Crippen LogP contribution is 2.29. The Labute approximate surface area is 173 Å². The van der Waals surface area contributed by atoms with Crippen molar-refractivity contribution in [1.29, 1.82) is 0 Å². The number of ether oxygens (including phenoxy) is 2. The molecule has 2 saturated heterocycles. The predicted octanol–water partition coefficient (Wildman–Crippen LogP) is 3.13. The minimum atomic E-state index is -0.525. The van der Waals surface area contributed by atoms with Crippen molar-refractivity contribution in [3.05, 3.63) is 24.3 Å². The molecular weight excluding hydrogens is 370 g/mol. The van der Waals surface area contributed by atoms with Gasteiger partial charge in [-0.15, -0.1) is 0 Å². The summed E-state index contributed by atoms with van der Waals surface area (Å²) in [6, 6.07) is 7.90. The number of methoxy groups -OCH3 is 1. The van der Waals surface area contributed by atoms with E-state index in [0.717, 1.165) is 37.4 Å². The maximum Gasteiger partial charge on any atom is 0.410 e. The lowest BCUT2D eigenvalue weighted by Gasteiger charge is -2.37. The van der Waals surface area contributed by atoms with E-state index in [-0.39, 0.29) is 18.0 Å². The van der Waals surface area contributed by atoms with Gasteiger partial charge in [-0.2, -0.15) is 0 Å². The van der Waals surface area contributed by atoms with Crippen molar-refractivity contribution < 1.29 is 19.1 Å². The standard InChI is InChI=1S/C22H33N3O4/c1-22(2,3)29-21(27)25-11-7-8-17(25)16-20(26)24-14-12-23(13-15-24)18-9-5-6-10-19(18)28-4/h5-6,9-10,17H,7-8,11-16H2,1-4H3/t17-/m1/s1. The van der Waals surface area contributed by atoms with Gasteiger partial charge in [-0.1, -0.05) is 12.1 Å². The van der Waals surface area contributed by atoms with Crippen LogP contribution in [0.3, 0.4) is 0 Å². The van der Waals surface area contributed by atoms with Crippen LogP contribution in [-0.2, 0) is 9.53 Å². The zero-order valence-electron chi connectivity index (χ0n) is 18.0. The number of hydrogen-bond acceptors (Lipinski definition) is 5. The van der Waals surface area contributed by atoms with Crippen LogP contribution in [0.15, 0.2) is 24.3 Å². The number of amides is 2. The quantitative estimate of drug-likeness (QED) is 0.773. The van der Waals surface area contributed by atoms with Crippen molar-refractivity contribution in [2.75, 3.05) is 44.7 Å². The molecule has 0 radical (unpaired) electrons. The second-order valence-corrected chi connectivity index (χ2v) is 8.71. The Morgan fingerprint density at radius 2 is 1.76 bits per heavy atom. The first-order chi connectivity index (χ1) is 13.8. The van der Waals surface area contributed by atoms with E-state index in [1.165, 1.54) is 0 Å². The molecule has 7 heteroatoms. The van der Waals surface area contributed by atoms with Crippen molar-refractivity contribution in [2.45, 2.75) is 51.7 Å². The Hall–Kier alpha value is -2.44. The number of nitrogens with zero attached hydrogens (tertiary/aromatic N) is 3. The first-order valence-electron chi connectivity index (χ1n) is 10.4. The maximum absolute atomic E-state index is 12.9. The van der Waals surface area contributed by atoms with E-state index in [9.17, 15) is 9.59 Å².